The van der Waals surface area contributed by atoms with Crippen LogP contribution in [0.3, 0.4) is 0 Å². The van der Waals surface area contributed by atoms with Gasteiger partial charge in [0.1, 0.15) is 5.75 Å². The lowest BCUT2D eigenvalue weighted by Crippen LogP contribution is -1.98. The van der Waals surface area contributed by atoms with Gasteiger partial charge in [0.2, 0.25) is 0 Å². The fourth-order valence-corrected chi connectivity index (χ4v) is 2.83. The Morgan fingerprint density at radius 3 is 2.70 bits per heavy atom. The van der Waals surface area contributed by atoms with E-state index in [0.717, 1.165) is 23.7 Å². The molecule has 0 aliphatic carbocycles. The van der Waals surface area contributed by atoms with Crippen molar-refractivity contribution < 1.29 is 4.74 Å². The lowest BCUT2D eigenvalue weighted by Gasteiger charge is -2.10. The van der Waals surface area contributed by atoms with Gasteiger partial charge >= 0.3 is 0 Å². The van der Waals surface area contributed by atoms with E-state index in [-0.39, 0.29) is 0 Å². The monoisotopic (exact) mass is 285 g/mol. The molecule has 0 bridgehead atoms. The summed E-state index contributed by atoms with van der Waals surface area (Å²) < 4.78 is 5.90. The summed E-state index contributed by atoms with van der Waals surface area (Å²) in [5, 5.41) is 0. The van der Waals surface area contributed by atoms with E-state index in [9.17, 15) is 0 Å². The van der Waals surface area contributed by atoms with Crippen LogP contribution >= 0.6 is 11.8 Å². The van der Waals surface area contributed by atoms with Crippen LogP contribution in [0.15, 0.2) is 58.3 Å². The molecule has 0 aliphatic heterocycles. The smallest absolute Gasteiger partial charge is 0.133 e. The number of hydrogen-bond acceptors (Lipinski definition) is 2. The second kappa shape index (κ2) is 8.70. The molecule has 0 aromatic heterocycles. The first-order valence-electron chi connectivity index (χ1n) is 7.26. The van der Waals surface area contributed by atoms with Crippen molar-refractivity contribution in [1.82, 2.24) is 0 Å². The number of ether oxygens (including phenoxy) is 1. The number of benzene rings is 2. The molecule has 2 heteroatoms. The van der Waals surface area contributed by atoms with Crippen LogP contribution in [0.1, 0.15) is 32.6 Å². The molecular weight excluding hydrogens is 264 g/mol. The maximum absolute atomic E-state index is 5.90. The molecule has 1 radical (unpaired) electrons. The third-order valence-corrected chi connectivity index (χ3v) is 4.08. The first-order chi connectivity index (χ1) is 9.90. The largest absolute Gasteiger partial charge is 0.492 e. The fourth-order valence-electron chi connectivity index (χ4n) is 1.92. The summed E-state index contributed by atoms with van der Waals surface area (Å²) in [7, 11) is 0. The zero-order valence-electron chi connectivity index (χ0n) is 12.0. The lowest BCUT2D eigenvalue weighted by atomic mass is 10.2. The Balaban J connectivity index is 1.92. The lowest BCUT2D eigenvalue weighted by molar-refractivity contribution is 0.298. The highest BCUT2D eigenvalue weighted by atomic mass is 32.2. The van der Waals surface area contributed by atoms with E-state index in [2.05, 4.69) is 43.3 Å². The summed E-state index contributed by atoms with van der Waals surface area (Å²) in [5.74, 6) is 0.942. The highest BCUT2D eigenvalue weighted by molar-refractivity contribution is 7.99. The molecular formula is C18H21OS. The molecule has 0 unspecified atom stereocenters. The van der Waals surface area contributed by atoms with Gasteiger partial charge in [0, 0.05) is 4.90 Å². The SMILES string of the molecule is CCCCCCOc1c[c]ccc1Sc1ccccc1. The van der Waals surface area contributed by atoms with Crippen LogP contribution < -0.4 is 4.74 Å². The van der Waals surface area contributed by atoms with Crippen LogP contribution in [0.4, 0.5) is 0 Å². The van der Waals surface area contributed by atoms with Crippen molar-refractivity contribution in [2.75, 3.05) is 6.61 Å². The molecule has 0 N–H and O–H groups in total. The number of hydrogen-bond donors (Lipinski definition) is 0. The molecule has 0 saturated heterocycles. The summed E-state index contributed by atoms with van der Waals surface area (Å²) in [6, 6.07) is 19.4. The van der Waals surface area contributed by atoms with E-state index in [1.807, 2.05) is 18.2 Å². The molecule has 1 nitrogen and oxygen atoms in total. The average Bonchev–Trinajstić information content (AvgIpc) is 2.50. The van der Waals surface area contributed by atoms with E-state index in [1.54, 1.807) is 11.8 Å². The van der Waals surface area contributed by atoms with Gasteiger partial charge in [-0.3, -0.25) is 0 Å². The molecule has 0 atom stereocenters. The summed E-state index contributed by atoms with van der Waals surface area (Å²) in [6.07, 6.45) is 4.91. The Morgan fingerprint density at radius 1 is 1.05 bits per heavy atom. The first-order valence-corrected chi connectivity index (χ1v) is 8.07. The highest BCUT2D eigenvalue weighted by Crippen LogP contribution is 2.34. The Bertz CT molecular complexity index is 496. The third-order valence-electron chi connectivity index (χ3n) is 3.01. The van der Waals surface area contributed by atoms with Gasteiger partial charge in [0.05, 0.1) is 11.5 Å². The van der Waals surface area contributed by atoms with Crippen molar-refractivity contribution in [2.24, 2.45) is 0 Å². The fraction of sp³-hybridized carbons (Fsp3) is 0.333. The van der Waals surface area contributed by atoms with Gasteiger partial charge in [0.25, 0.3) is 0 Å². The van der Waals surface area contributed by atoms with Gasteiger partial charge in [0.15, 0.2) is 0 Å². The molecule has 2 aromatic rings. The van der Waals surface area contributed by atoms with Crippen molar-refractivity contribution in [2.45, 2.75) is 42.4 Å². The molecule has 2 rings (SSSR count). The van der Waals surface area contributed by atoms with Crippen LogP contribution in [0.5, 0.6) is 5.75 Å². The molecule has 0 aliphatic rings. The molecule has 105 valence electrons. The maximum atomic E-state index is 5.90. The van der Waals surface area contributed by atoms with Gasteiger partial charge < -0.3 is 4.74 Å². The number of unbranched alkanes of at least 4 members (excludes halogenated alkanes) is 3. The van der Waals surface area contributed by atoms with Crippen LogP contribution in [0, 0.1) is 6.07 Å². The molecule has 0 saturated carbocycles. The first kappa shape index (κ1) is 15.0. The van der Waals surface area contributed by atoms with Crippen LogP contribution in [-0.2, 0) is 0 Å². The Labute approximate surface area is 126 Å². The molecule has 2 aromatic carbocycles. The minimum absolute atomic E-state index is 0.792. The van der Waals surface area contributed by atoms with Crippen LogP contribution in [-0.4, -0.2) is 6.61 Å². The van der Waals surface area contributed by atoms with Crippen molar-refractivity contribution in [3.63, 3.8) is 0 Å². The third kappa shape index (κ3) is 4.93. The van der Waals surface area contributed by atoms with Gasteiger partial charge in [-0.1, -0.05) is 62.2 Å². The summed E-state index contributed by atoms with van der Waals surface area (Å²) in [4.78, 5) is 2.39. The van der Waals surface area contributed by atoms with E-state index >= 15 is 0 Å². The Morgan fingerprint density at radius 2 is 1.90 bits per heavy atom. The standard InChI is InChI=1S/C18H21OS/c1-2-3-4-10-15-19-17-13-8-9-14-18(17)20-16-11-6-5-7-12-16/h5-7,9,11-14H,2-4,10,15H2,1H3. The van der Waals surface area contributed by atoms with Gasteiger partial charge in [-0.25, -0.2) is 0 Å². The van der Waals surface area contributed by atoms with Gasteiger partial charge in [-0.15, -0.1) is 0 Å². The number of rotatable bonds is 8. The molecule has 0 heterocycles. The molecule has 20 heavy (non-hydrogen) atoms. The van der Waals surface area contributed by atoms with E-state index in [1.165, 1.54) is 24.2 Å². The van der Waals surface area contributed by atoms with E-state index < -0.39 is 0 Å². The predicted molar refractivity (Wildman–Crippen MR) is 85.5 cm³/mol. The molecule has 0 amide bonds. The van der Waals surface area contributed by atoms with Crippen molar-refractivity contribution >= 4 is 11.8 Å². The quantitative estimate of drug-likeness (QED) is 0.584. The van der Waals surface area contributed by atoms with E-state index in [0.29, 0.717) is 0 Å². The predicted octanol–water partition coefficient (Wildman–Crippen LogP) is 5.60. The maximum Gasteiger partial charge on any atom is 0.133 e. The van der Waals surface area contributed by atoms with Crippen molar-refractivity contribution in [3.05, 3.63) is 54.6 Å². The zero-order valence-corrected chi connectivity index (χ0v) is 12.8. The second-order valence-electron chi connectivity index (χ2n) is 4.70. The van der Waals surface area contributed by atoms with Crippen molar-refractivity contribution in [1.29, 1.82) is 0 Å². The highest BCUT2D eigenvalue weighted by Gasteiger charge is 2.04. The Hall–Kier alpha value is -1.41. The summed E-state index contributed by atoms with van der Waals surface area (Å²) >= 11 is 1.74. The van der Waals surface area contributed by atoms with Gasteiger partial charge in [-0.05, 0) is 36.8 Å². The van der Waals surface area contributed by atoms with Crippen LogP contribution in [0.2, 0.25) is 0 Å². The van der Waals surface area contributed by atoms with Crippen molar-refractivity contribution in [3.8, 4) is 5.75 Å². The topological polar surface area (TPSA) is 9.23 Å². The zero-order chi connectivity index (χ0) is 14.0. The minimum Gasteiger partial charge on any atom is -0.492 e. The molecule has 0 spiro atoms. The van der Waals surface area contributed by atoms with E-state index in [4.69, 9.17) is 4.74 Å². The molecule has 0 fully saturated rings. The average molecular weight is 285 g/mol. The Kier molecular flexibility index (Phi) is 6.52. The second-order valence-corrected chi connectivity index (χ2v) is 5.81. The summed E-state index contributed by atoms with van der Waals surface area (Å²) in [5.41, 5.74) is 0. The van der Waals surface area contributed by atoms with Crippen LogP contribution in [0.25, 0.3) is 0 Å². The minimum atomic E-state index is 0.792. The summed E-state index contributed by atoms with van der Waals surface area (Å²) in [6.45, 7) is 3.02. The normalized spacial score (nSPS) is 10.4. The van der Waals surface area contributed by atoms with Gasteiger partial charge in [-0.2, -0.15) is 0 Å².